The summed E-state index contributed by atoms with van der Waals surface area (Å²) in [5, 5.41) is 10.2. The summed E-state index contributed by atoms with van der Waals surface area (Å²) in [6.45, 7) is 1.92. The van der Waals surface area contributed by atoms with Crippen LogP contribution < -0.4 is 5.73 Å². The Morgan fingerprint density at radius 3 is 2.88 bits per heavy atom. The molecule has 0 spiro atoms. The van der Waals surface area contributed by atoms with Gasteiger partial charge in [0.05, 0.1) is 5.56 Å². The highest BCUT2D eigenvalue weighted by molar-refractivity contribution is 8.01. The molecule has 0 radical (unpaired) electrons. The normalized spacial score (nSPS) is 10.3. The van der Waals surface area contributed by atoms with E-state index in [0.29, 0.717) is 5.56 Å². The second-order valence-corrected chi connectivity index (χ2v) is 5.25. The van der Waals surface area contributed by atoms with E-state index in [0.717, 1.165) is 14.9 Å². The number of aryl methyl sites for hydroxylation is 1. The zero-order valence-electron chi connectivity index (χ0n) is 8.60. The number of hydrogen-bond donors (Lipinski definition) is 2. The predicted octanol–water partition coefficient (Wildman–Crippen LogP) is 2.28. The van der Waals surface area contributed by atoms with Crippen molar-refractivity contribution < 1.29 is 0 Å². The molecule has 82 valence electrons. The van der Waals surface area contributed by atoms with Crippen LogP contribution in [0.2, 0.25) is 0 Å². The van der Waals surface area contributed by atoms with E-state index >= 15 is 0 Å². The van der Waals surface area contributed by atoms with Gasteiger partial charge in [-0.15, -0.1) is 11.3 Å². The Morgan fingerprint density at radius 1 is 1.44 bits per heavy atom. The van der Waals surface area contributed by atoms with Gasteiger partial charge in [-0.25, -0.2) is 9.97 Å². The molecule has 2 rings (SSSR count). The molecule has 2 aromatic heterocycles. The van der Waals surface area contributed by atoms with Gasteiger partial charge < -0.3 is 5.73 Å². The Balaban J connectivity index is 2.40. The molecule has 0 unspecified atom stereocenters. The van der Waals surface area contributed by atoms with E-state index in [1.54, 1.807) is 23.7 Å². The van der Waals surface area contributed by atoms with E-state index in [-0.39, 0.29) is 5.84 Å². The molecule has 0 aliphatic heterocycles. The van der Waals surface area contributed by atoms with Crippen LogP contribution in [-0.2, 0) is 0 Å². The number of hydrogen-bond acceptors (Lipinski definition) is 5. The summed E-state index contributed by atoms with van der Waals surface area (Å²) in [5.41, 5.74) is 7.21. The molecular formula is C10H10N4S2. The first-order valence-electron chi connectivity index (χ1n) is 4.56. The summed E-state index contributed by atoms with van der Waals surface area (Å²) in [5.74, 6) is 0.0460. The fourth-order valence-corrected chi connectivity index (χ4v) is 3.00. The molecule has 2 heterocycles. The second-order valence-electron chi connectivity index (χ2n) is 3.12. The van der Waals surface area contributed by atoms with Gasteiger partial charge in [0, 0.05) is 17.8 Å². The number of amidine groups is 1. The molecule has 0 aliphatic rings. The van der Waals surface area contributed by atoms with Gasteiger partial charge in [0.1, 0.15) is 10.9 Å². The molecule has 0 saturated heterocycles. The van der Waals surface area contributed by atoms with Crippen molar-refractivity contribution in [3.8, 4) is 0 Å². The average molecular weight is 250 g/mol. The Hall–Kier alpha value is -1.40. The minimum absolute atomic E-state index is 0.0460. The van der Waals surface area contributed by atoms with Crippen LogP contribution in [0.1, 0.15) is 11.1 Å². The Bertz CT molecular complexity index is 508. The smallest absolute Gasteiger partial charge is 0.156 e. The molecule has 6 heteroatoms. The molecule has 0 aliphatic carbocycles. The first-order chi connectivity index (χ1) is 7.68. The number of nitrogens with one attached hydrogen (secondary N) is 1. The third-order valence-corrected chi connectivity index (χ3v) is 3.87. The third kappa shape index (κ3) is 2.23. The van der Waals surface area contributed by atoms with Crippen molar-refractivity contribution in [2.45, 2.75) is 16.3 Å². The lowest BCUT2D eigenvalue weighted by molar-refractivity contribution is 1.08. The van der Waals surface area contributed by atoms with Crippen LogP contribution in [0.25, 0.3) is 0 Å². The monoisotopic (exact) mass is 250 g/mol. The summed E-state index contributed by atoms with van der Waals surface area (Å²) < 4.78 is 0.903. The molecule has 16 heavy (non-hydrogen) atoms. The fourth-order valence-electron chi connectivity index (χ4n) is 1.28. The van der Waals surface area contributed by atoms with Crippen LogP contribution in [0.4, 0.5) is 0 Å². The molecule has 0 aromatic carbocycles. The average Bonchev–Trinajstić information content (AvgIpc) is 2.70. The lowest BCUT2D eigenvalue weighted by Gasteiger charge is -2.07. The first-order valence-corrected chi connectivity index (χ1v) is 6.25. The third-order valence-electron chi connectivity index (χ3n) is 1.99. The van der Waals surface area contributed by atoms with Crippen molar-refractivity contribution in [3.63, 3.8) is 0 Å². The van der Waals surface area contributed by atoms with E-state index in [1.165, 1.54) is 11.8 Å². The van der Waals surface area contributed by atoms with Crippen molar-refractivity contribution in [3.05, 3.63) is 35.0 Å². The highest BCUT2D eigenvalue weighted by atomic mass is 32.2. The minimum Gasteiger partial charge on any atom is -0.384 e. The first kappa shape index (κ1) is 11.1. The van der Waals surface area contributed by atoms with Gasteiger partial charge in [-0.05, 0) is 30.3 Å². The van der Waals surface area contributed by atoms with Gasteiger partial charge in [0.25, 0.3) is 0 Å². The molecule has 4 nitrogen and oxygen atoms in total. The number of nitrogens with two attached hydrogens (primary N) is 1. The lowest BCUT2D eigenvalue weighted by Crippen LogP contribution is -2.14. The van der Waals surface area contributed by atoms with Gasteiger partial charge in [-0.2, -0.15) is 0 Å². The molecule has 0 saturated carbocycles. The summed E-state index contributed by atoms with van der Waals surface area (Å²) in [4.78, 5) is 8.42. The number of aromatic nitrogens is 2. The summed E-state index contributed by atoms with van der Waals surface area (Å²) in [6.07, 6.45) is 3.47. The molecule has 0 fully saturated rings. The van der Waals surface area contributed by atoms with Crippen molar-refractivity contribution in [2.75, 3.05) is 0 Å². The molecular weight excluding hydrogens is 240 g/mol. The van der Waals surface area contributed by atoms with Crippen LogP contribution in [0.15, 0.2) is 33.2 Å². The van der Waals surface area contributed by atoms with Crippen LogP contribution in [-0.4, -0.2) is 15.8 Å². The van der Waals surface area contributed by atoms with E-state index in [4.69, 9.17) is 11.1 Å². The van der Waals surface area contributed by atoms with Crippen LogP contribution in [0.5, 0.6) is 0 Å². The summed E-state index contributed by atoms with van der Waals surface area (Å²) in [6, 6.07) is 1.85. The van der Waals surface area contributed by atoms with Crippen molar-refractivity contribution in [1.82, 2.24) is 9.97 Å². The van der Waals surface area contributed by atoms with Gasteiger partial charge in [0.2, 0.25) is 0 Å². The quantitative estimate of drug-likeness (QED) is 0.647. The number of rotatable bonds is 3. The molecule has 3 N–H and O–H groups in total. The highest BCUT2D eigenvalue weighted by Gasteiger charge is 2.12. The van der Waals surface area contributed by atoms with E-state index < -0.39 is 0 Å². The molecule has 0 atom stereocenters. The molecule has 2 aromatic rings. The minimum atomic E-state index is 0.0460. The van der Waals surface area contributed by atoms with Crippen molar-refractivity contribution in [1.29, 1.82) is 5.41 Å². The van der Waals surface area contributed by atoms with E-state index in [2.05, 4.69) is 9.97 Å². The number of nitrogens with zero attached hydrogens (tertiary/aromatic N) is 2. The summed E-state index contributed by atoms with van der Waals surface area (Å²) in [7, 11) is 0. The molecule has 0 amide bonds. The predicted molar refractivity (Wildman–Crippen MR) is 66.2 cm³/mol. The van der Waals surface area contributed by atoms with Gasteiger partial charge in [-0.1, -0.05) is 0 Å². The fraction of sp³-hybridized carbons (Fsp3) is 0.100. The molecule has 0 bridgehead atoms. The number of pyridine rings is 1. The maximum Gasteiger partial charge on any atom is 0.156 e. The van der Waals surface area contributed by atoms with Crippen LogP contribution >= 0.6 is 23.1 Å². The van der Waals surface area contributed by atoms with E-state index in [1.807, 2.05) is 18.4 Å². The Kier molecular flexibility index (Phi) is 3.21. The highest BCUT2D eigenvalue weighted by Crippen LogP contribution is 2.30. The Morgan fingerprint density at radius 2 is 2.25 bits per heavy atom. The second kappa shape index (κ2) is 4.63. The maximum atomic E-state index is 7.55. The van der Waals surface area contributed by atoms with Crippen molar-refractivity contribution in [2.24, 2.45) is 5.73 Å². The van der Waals surface area contributed by atoms with Gasteiger partial charge >= 0.3 is 0 Å². The SMILES string of the molecule is Cc1ccnc(Sc2nccs2)c1C(=N)N. The van der Waals surface area contributed by atoms with Gasteiger partial charge in [0.15, 0.2) is 4.34 Å². The van der Waals surface area contributed by atoms with Crippen molar-refractivity contribution >= 4 is 28.9 Å². The topological polar surface area (TPSA) is 75.7 Å². The number of thiazole rings is 1. The summed E-state index contributed by atoms with van der Waals surface area (Å²) >= 11 is 2.98. The standard InChI is InChI=1S/C10H10N4S2/c1-6-2-3-13-9(7(6)8(11)12)16-10-14-4-5-15-10/h2-5H,1H3,(H3,11,12). The maximum absolute atomic E-state index is 7.55. The zero-order chi connectivity index (χ0) is 11.5. The zero-order valence-corrected chi connectivity index (χ0v) is 10.2. The van der Waals surface area contributed by atoms with Crippen LogP contribution in [0.3, 0.4) is 0 Å². The Labute approximate surface area is 101 Å². The largest absolute Gasteiger partial charge is 0.384 e. The van der Waals surface area contributed by atoms with Gasteiger partial charge in [-0.3, -0.25) is 5.41 Å². The van der Waals surface area contributed by atoms with Crippen LogP contribution in [0, 0.1) is 12.3 Å². The lowest BCUT2D eigenvalue weighted by atomic mass is 10.1. The number of nitrogen functional groups attached to an aromatic ring is 1. The van der Waals surface area contributed by atoms with E-state index in [9.17, 15) is 0 Å².